The lowest BCUT2D eigenvalue weighted by molar-refractivity contribution is -0.119. The van der Waals surface area contributed by atoms with Crippen LogP contribution in [0.1, 0.15) is 99.3 Å². The van der Waals surface area contributed by atoms with Gasteiger partial charge in [0.15, 0.2) is 0 Å². The van der Waals surface area contributed by atoms with Gasteiger partial charge in [0.05, 0.1) is 11.9 Å². The highest BCUT2D eigenvalue weighted by atomic mass is 16.5. The van der Waals surface area contributed by atoms with Gasteiger partial charge in [-0.2, -0.15) is 0 Å². The molecule has 3 saturated carbocycles. The van der Waals surface area contributed by atoms with Crippen molar-refractivity contribution >= 4 is 5.91 Å². The van der Waals surface area contributed by atoms with Crippen molar-refractivity contribution in [3.8, 4) is 0 Å². The molecule has 34 heavy (non-hydrogen) atoms. The van der Waals surface area contributed by atoms with Crippen LogP contribution in [0.5, 0.6) is 0 Å². The second-order valence-corrected chi connectivity index (χ2v) is 13.4. The van der Waals surface area contributed by atoms with Crippen LogP contribution in [0.3, 0.4) is 0 Å². The number of hydrogen-bond acceptors (Lipinski definition) is 3. The molecule has 9 unspecified atom stereocenters. The second-order valence-electron chi connectivity index (χ2n) is 13.4. The van der Waals surface area contributed by atoms with Crippen LogP contribution in [0.4, 0.5) is 0 Å². The molecule has 2 N–H and O–H groups in total. The Morgan fingerprint density at radius 3 is 2.74 bits per heavy atom. The van der Waals surface area contributed by atoms with Crippen LogP contribution in [-0.4, -0.2) is 29.3 Å². The first-order chi connectivity index (χ1) is 16.0. The minimum Gasteiger partial charge on any atom is -0.491 e. The highest BCUT2D eigenvalue weighted by molar-refractivity contribution is 5.72. The van der Waals surface area contributed by atoms with E-state index in [-0.39, 0.29) is 17.6 Å². The average Bonchev–Trinajstić information content (AvgIpc) is 3.17. The molecule has 0 saturated heterocycles. The van der Waals surface area contributed by atoms with Crippen molar-refractivity contribution in [2.75, 3.05) is 6.54 Å². The summed E-state index contributed by atoms with van der Waals surface area (Å²) in [5.74, 6) is 4.51. The Labute approximate surface area is 207 Å². The molecule has 4 aliphatic carbocycles. The van der Waals surface area contributed by atoms with Crippen LogP contribution in [0.25, 0.3) is 0 Å². The summed E-state index contributed by atoms with van der Waals surface area (Å²) in [7, 11) is 0. The third-order valence-corrected chi connectivity index (χ3v) is 11.2. The maximum Gasteiger partial charge on any atom is 0.216 e. The number of carbonyl (C=O) groups is 1. The van der Waals surface area contributed by atoms with Gasteiger partial charge < -0.3 is 15.2 Å². The van der Waals surface area contributed by atoms with Crippen molar-refractivity contribution in [2.45, 2.75) is 111 Å². The number of aliphatic hydroxyl groups is 1. The molecule has 0 aromatic carbocycles. The van der Waals surface area contributed by atoms with E-state index in [9.17, 15) is 9.90 Å². The standard InChI is InChI=1S/C30H47NO3/c1-18(17-31-20(3)32)7-10-26-19(2)27-29(5)14-12-24-23(25(29)16-30(27,6)34-26)9-8-21-15-22(33)11-13-28(21,24)4/h8,18,22-25,27,33H,7,9-17H2,1-6H3,(H,31,32). The number of aliphatic hydroxyl groups excluding tert-OH is 1. The molecule has 190 valence electrons. The molecule has 1 amide bonds. The molecule has 1 heterocycles. The van der Waals surface area contributed by atoms with Gasteiger partial charge in [0.25, 0.3) is 0 Å². The smallest absolute Gasteiger partial charge is 0.216 e. The van der Waals surface area contributed by atoms with Gasteiger partial charge in [-0.3, -0.25) is 4.79 Å². The molecule has 4 nitrogen and oxygen atoms in total. The third-order valence-electron chi connectivity index (χ3n) is 11.2. The molecule has 0 radical (unpaired) electrons. The fourth-order valence-electron chi connectivity index (χ4n) is 9.61. The monoisotopic (exact) mass is 469 g/mol. The summed E-state index contributed by atoms with van der Waals surface area (Å²) in [6, 6.07) is 0. The van der Waals surface area contributed by atoms with Crippen LogP contribution in [0.2, 0.25) is 0 Å². The highest BCUT2D eigenvalue weighted by Crippen LogP contribution is 2.71. The Bertz CT molecular complexity index is 907. The van der Waals surface area contributed by atoms with Crippen LogP contribution in [0, 0.1) is 40.4 Å². The largest absolute Gasteiger partial charge is 0.491 e. The van der Waals surface area contributed by atoms with E-state index in [4.69, 9.17) is 4.74 Å². The summed E-state index contributed by atoms with van der Waals surface area (Å²) >= 11 is 0. The van der Waals surface area contributed by atoms with E-state index in [2.05, 4.69) is 46.0 Å². The summed E-state index contributed by atoms with van der Waals surface area (Å²) in [4.78, 5) is 11.3. The SMILES string of the molecule is CC(=O)NCC(C)CCC1=C(C)C2C(C)(CC3C4CC=C5CC(O)CCC5(C)C4CCC32C)O1. The molecular formula is C30H47NO3. The average molecular weight is 470 g/mol. The van der Waals surface area contributed by atoms with Crippen molar-refractivity contribution in [1.82, 2.24) is 5.32 Å². The number of amides is 1. The second kappa shape index (κ2) is 8.39. The number of hydrogen-bond donors (Lipinski definition) is 2. The summed E-state index contributed by atoms with van der Waals surface area (Å²) in [5, 5.41) is 13.3. The Hall–Kier alpha value is -1.29. The van der Waals surface area contributed by atoms with Gasteiger partial charge >= 0.3 is 0 Å². The molecule has 9 atom stereocenters. The summed E-state index contributed by atoms with van der Waals surface area (Å²) in [6.45, 7) is 14.4. The van der Waals surface area contributed by atoms with Gasteiger partial charge in [-0.05, 0) is 105 Å². The van der Waals surface area contributed by atoms with Crippen LogP contribution in [-0.2, 0) is 9.53 Å². The van der Waals surface area contributed by atoms with Crippen molar-refractivity contribution in [3.63, 3.8) is 0 Å². The quantitative estimate of drug-likeness (QED) is 0.475. The van der Waals surface area contributed by atoms with Gasteiger partial charge in [0, 0.05) is 25.8 Å². The van der Waals surface area contributed by atoms with Gasteiger partial charge in [0.1, 0.15) is 5.60 Å². The van der Waals surface area contributed by atoms with Gasteiger partial charge in [-0.15, -0.1) is 0 Å². The molecule has 0 aromatic rings. The molecular weight excluding hydrogens is 422 g/mol. The predicted octanol–water partition coefficient (Wildman–Crippen LogP) is 6.15. The van der Waals surface area contributed by atoms with Crippen molar-refractivity contribution in [2.24, 2.45) is 40.4 Å². The van der Waals surface area contributed by atoms with E-state index >= 15 is 0 Å². The molecule has 0 bridgehead atoms. The Morgan fingerprint density at radius 2 is 2.00 bits per heavy atom. The van der Waals surface area contributed by atoms with E-state index in [0.29, 0.717) is 22.7 Å². The topological polar surface area (TPSA) is 58.6 Å². The minimum absolute atomic E-state index is 0.0546. The molecule has 5 rings (SSSR count). The van der Waals surface area contributed by atoms with Crippen molar-refractivity contribution < 1.29 is 14.6 Å². The summed E-state index contributed by atoms with van der Waals surface area (Å²) < 4.78 is 6.89. The lowest BCUT2D eigenvalue weighted by atomic mass is 9.47. The van der Waals surface area contributed by atoms with E-state index < -0.39 is 0 Å². The van der Waals surface area contributed by atoms with Gasteiger partial charge in [-0.1, -0.05) is 32.4 Å². The Balaban J connectivity index is 1.34. The highest BCUT2D eigenvalue weighted by Gasteiger charge is 2.67. The molecule has 4 heteroatoms. The lowest BCUT2D eigenvalue weighted by Crippen LogP contribution is -2.50. The molecule has 0 spiro atoms. The zero-order valence-electron chi connectivity index (χ0n) is 22.4. The Morgan fingerprint density at radius 1 is 1.24 bits per heavy atom. The number of fused-ring (bicyclic) bond motifs is 7. The first kappa shape index (κ1) is 24.4. The summed E-state index contributed by atoms with van der Waals surface area (Å²) in [6.07, 6.45) is 12.5. The predicted molar refractivity (Wildman–Crippen MR) is 136 cm³/mol. The maximum atomic E-state index is 11.3. The molecule has 5 aliphatic rings. The zero-order valence-corrected chi connectivity index (χ0v) is 22.4. The van der Waals surface area contributed by atoms with Gasteiger partial charge in [0.2, 0.25) is 5.91 Å². The number of carbonyl (C=O) groups excluding carboxylic acids is 1. The van der Waals surface area contributed by atoms with E-state index in [0.717, 1.165) is 56.4 Å². The summed E-state index contributed by atoms with van der Waals surface area (Å²) in [5.41, 5.74) is 3.62. The van der Waals surface area contributed by atoms with E-state index in [1.165, 1.54) is 37.0 Å². The fraction of sp³-hybridized carbons (Fsp3) is 0.833. The van der Waals surface area contributed by atoms with E-state index in [1.807, 2.05) is 0 Å². The number of allylic oxidation sites excluding steroid dienone is 2. The number of ether oxygens (including phenoxy) is 1. The van der Waals surface area contributed by atoms with Gasteiger partial charge in [-0.25, -0.2) is 0 Å². The molecule has 1 aliphatic heterocycles. The molecule has 3 fully saturated rings. The van der Waals surface area contributed by atoms with Crippen molar-refractivity contribution in [1.29, 1.82) is 0 Å². The first-order valence-electron chi connectivity index (χ1n) is 14.0. The van der Waals surface area contributed by atoms with E-state index in [1.54, 1.807) is 12.5 Å². The third kappa shape index (κ3) is 3.69. The first-order valence-corrected chi connectivity index (χ1v) is 14.0. The fourth-order valence-corrected chi connectivity index (χ4v) is 9.61. The minimum atomic E-state index is -0.130. The maximum absolute atomic E-state index is 11.3. The Kier molecular flexibility index (Phi) is 6.02. The zero-order chi connectivity index (χ0) is 24.5. The van der Waals surface area contributed by atoms with Crippen molar-refractivity contribution in [3.05, 3.63) is 23.0 Å². The molecule has 0 aromatic heterocycles. The van der Waals surface area contributed by atoms with Crippen LogP contribution < -0.4 is 5.32 Å². The lowest BCUT2D eigenvalue weighted by Gasteiger charge is -2.57. The van der Waals surface area contributed by atoms with Crippen LogP contribution >= 0.6 is 0 Å². The number of rotatable bonds is 5. The number of nitrogens with one attached hydrogen (secondary N) is 1. The van der Waals surface area contributed by atoms with Crippen LogP contribution in [0.15, 0.2) is 23.0 Å². The normalized spacial score (nSPS) is 46.0.